The van der Waals surface area contributed by atoms with Gasteiger partial charge in [0.2, 0.25) is 0 Å². The molecule has 0 aliphatic heterocycles. The summed E-state index contributed by atoms with van der Waals surface area (Å²) in [5, 5.41) is 0. The van der Waals surface area contributed by atoms with E-state index in [9.17, 15) is 0 Å². The van der Waals surface area contributed by atoms with Gasteiger partial charge in [-0.2, -0.15) is 0 Å². The van der Waals surface area contributed by atoms with Crippen molar-refractivity contribution >= 4 is 11.6 Å². The van der Waals surface area contributed by atoms with Gasteiger partial charge in [-0.25, -0.2) is 0 Å². The molecule has 1 heteroatoms. The molecule has 0 saturated carbocycles. The van der Waals surface area contributed by atoms with Gasteiger partial charge in [0, 0.05) is 5.54 Å². The molecule has 0 rings (SSSR count). The third kappa shape index (κ3) is 4.05. The van der Waals surface area contributed by atoms with Crippen molar-refractivity contribution in [2.75, 3.05) is 0 Å². The zero-order chi connectivity index (χ0) is 8.91. The van der Waals surface area contributed by atoms with Crippen molar-refractivity contribution in [2.45, 2.75) is 20.8 Å². The van der Waals surface area contributed by atoms with Crippen molar-refractivity contribution < 1.29 is 0 Å². The van der Waals surface area contributed by atoms with Gasteiger partial charge in [0.25, 0.3) is 0 Å². The van der Waals surface area contributed by atoms with E-state index in [1.54, 1.807) is 11.6 Å². The van der Waals surface area contributed by atoms with Crippen LogP contribution in [-0.2, 0) is 0 Å². The van der Waals surface area contributed by atoms with Crippen molar-refractivity contribution in [1.29, 1.82) is 0 Å². The van der Waals surface area contributed by atoms with Gasteiger partial charge in [0.15, 0.2) is 0 Å². The first-order valence-corrected chi connectivity index (χ1v) is 4.06. The third-order valence-corrected chi connectivity index (χ3v) is 1.63. The largest absolute Gasteiger partial charge is 0.0991 e. The Hall–Kier alpha value is -0.490. The van der Waals surface area contributed by atoms with Crippen LogP contribution in [0.5, 0.6) is 0 Å². The predicted octanol–water partition coefficient (Wildman–Crippen LogP) is 3.90. The monoisotopic (exact) mass is 170 g/mol. The fraction of sp³-hybridized carbons (Fsp3) is 0.400. The fourth-order valence-corrected chi connectivity index (χ4v) is 1.02. The van der Waals surface area contributed by atoms with E-state index >= 15 is 0 Å². The molecule has 0 fully saturated rings. The molecule has 0 unspecified atom stereocenters. The molecule has 0 radical (unpaired) electrons. The molecule has 0 nitrogen and oxygen atoms in total. The van der Waals surface area contributed by atoms with Crippen LogP contribution in [0.25, 0.3) is 0 Å². The Labute approximate surface area is 74.3 Å². The van der Waals surface area contributed by atoms with Crippen molar-refractivity contribution in [1.82, 2.24) is 0 Å². The molecule has 0 amide bonds. The molecule has 0 aromatic rings. The van der Waals surface area contributed by atoms with Crippen LogP contribution in [0.3, 0.4) is 0 Å². The molecule has 0 atom stereocenters. The molecule has 0 spiro atoms. The van der Waals surface area contributed by atoms with Gasteiger partial charge in [0.05, 0.1) is 0 Å². The standard InChI is InChI=1S/C10H15Cl/c1-5-6-7-9(8-11)10(2,3)4/h5-8H,1H2,2-4H3/b7-6-,9-8-. The summed E-state index contributed by atoms with van der Waals surface area (Å²) in [6, 6.07) is 0. The van der Waals surface area contributed by atoms with Gasteiger partial charge in [-0.1, -0.05) is 57.2 Å². The Morgan fingerprint density at radius 2 is 1.91 bits per heavy atom. The Bertz CT molecular complexity index is 180. The lowest BCUT2D eigenvalue weighted by Crippen LogP contribution is -2.06. The Kier molecular flexibility index (Phi) is 4.20. The lowest BCUT2D eigenvalue weighted by molar-refractivity contribution is 0.518. The van der Waals surface area contributed by atoms with E-state index < -0.39 is 0 Å². The van der Waals surface area contributed by atoms with E-state index in [4.69, 9.17) is 11.6 Å². The first kappa shape index (κ1) is 10.5. The molecule has 0 aliphatic carbocycles. The van der Waals surface area contributed by atoms with E-state index in [1.807, 2.05) is 12.2 Å². The highest BCUT2D eigenvalue weighted by Crippen LogP contribution is 2.26. The summed E-state index contributed by atoms with van der Waals surface area (Å²) < 4.78 is 0. The molecule has 0 saturated heterocycles. The zero-order valence-corrected chi connectivity index (χ0v) is 8.15. The molecule has 0 aliphatic rings. The zero-order valence-electron chi connectivity index (χ0n) is 7.39. The van der Waals surface area contributed by atoms with Crippen LogP contribution < -0.4 is 0 Å². The summed E-state index contributed by atoms with van der Waals surface area (Å²) in [6.45, 7) is 9.95. The topological polar surface area (TPSA) is 0 Å². The lowest BCUT2D eigenvalue weighted by atomic mass is 9.87. The Morgan fingerprint density at radius 1 is 1.36 bits per heavy atom. The molecular weight excluding hydrogens is 156 g/mol. The van der Waals surface area contributed by atoms with Gasteiger partial charge in [0.1, 0.15) is 0 Å². The maximum absolute atomic E-state index is 5.64. The molecule has 0 aromatic heterocycles. The summed E-state index contributed by atoms with van der Waals surface area (Å²) in [5.74, 6) is 0. The molecule has 62 valence electrons. The van der Waals surface area contributed by atoms with E-state index in [2.05, 4.69) is 27.4 Å². The summed E-state index contributed by atoms with van der Waals surface area (Å²) in [4.78, 5) is 0. The SMILES string of the molecule is C=C/C=C\C(=C\Cl)C(C)(C)C. The third-order valence-electron chi connectivity index (χ3n) is 1.40. The molecule has 0 bridgehead atoms. The molecule has 0 heterocycles. The Balaban J connectivity index is 4.45. The second-order valence-electron chi connectivity index (χ2n) is 3.41. The molecular formula is C10H15Cl. The second kappa shape index (κ2) is 4.40. The number of halogens is 1. The van der Waals surface area contributed by atoms with Crippen molar-refractivity contribution in [3.63, 3.8) is 0 Å². The summed E-state index contributed by atoms with van der Waals surface area (Å²) in [5.41, 5.74) is 2.83. The van der Waals surface area contributed by atoms with Crippen LogP contribution in [0.15, 0.2) is 35.9 Å². The molecule has 0 aromatic carbocycles. The number of hydrogen-bond donors (Lipinski definition) is 0. The minimum absolute atomic E-state index is 0.112. The highest BCUT2D eigenvalue weighted by atomic mass is 35.5. The molecule has 11 heavy (non-hydrogen) atoms. The average Bonchev–Trinajstić information content (AvgIpc) is 1.87. The van der Waals surface area contributed by atoms with Crippen molar-refractivity contribution in [3.05, 3.63) is 35.9 Å². The van der Waals surface area contributed by atoms with Crippen LogP contribution in [0.4, 0.5) is 0 Å². The van der Waals surface area contributed by atoms with Gasteiger partial charge < -0.3 is 0 Å². The average molecular weight is 171 g/mol. The maximum Gasteiger partial charge on any atom is 0.00799 e. The highest BCUT2D eigenvalue weighted by molar-refractivity contribution is 6.25. The molecule has 0 N–H and O–H groups in total. The van der Waals surface area contributed by atoms with Gasteiger partial charge in [-0.05, 0) is 11.0 Å². The number of hydrogen-bond acceptors (Lipinski definition) is 0. The summed E-state index contributed by atoms with van der Waals surface area (Å²) in [6.07, 6.45) is 5.60. The van der Waals surface area contributed by atoms with Crippen LogP contribution in [-0.4, -0.2) is 0 Å². The quantitative estimate of drug-likeness (QED) is 0.552. The van der Waals surface area contributed by atoms with Gasteiger partial charge >= 0.3 is 0 Å². The minimum Gasteiger partial charge on any atom is -0.0991 e. The van der Waals surface area contributed by atoms with Crippen LogP contribution in [0.1, 0.15) is 20.8 Å². The highest BCUT2D eigenvalue weighted by Gasteiger charge is 2.13. The van der Waals surface area contributed by atoms with Crippen LogP contribution >= 0.6 is 11.6 Å². The van der Waals surface area contributed by atoms with E-state index in [-0.39, 0.29) is 5.41 Å². The number of rotatable bonds is 2. The van der Waals surface area contributed by atoms with E-state index in [1.165, 1.54) is 0 Å². The Morgan fingerprint density at radius 3 is 2.18 bits per heavy atom. The van der Waals surface area contributed by atoms with E-state index in [0.717, 1.165) is 5.57 Å². The smallest absolute Gasteiger partial charge is 0.00799 e. The lowest BCUT2D eigenvalue weighted by Gasteiger charge is -2.18. The number of allylic oxidation sites excluding steroid dienone is 4. The van der Waals surface area contributed by atoms with E-state index in [0.29, 0.717) is 0 Å². The fourth-order valence-electron chi connectivity index (χ4n) is 0.622. The first-order valence-electron chi connectivity index (χ1n) is 3.62. The first-order chi connectivity index (χ1) is 5.02. The van der Waals surface area contributed by atoms with Crippen molar-refractivity contribution in [3.8, 4) is 0 Å². The summed E-state index contributed by atoms with van der Waals surface area (Å²) in [7, 11) is 0. The maximum atomic E-state index is 5.64. The van der Waals surface area contributed by atoms with Gasteiger partial charge in [-0.15, -0.1) is 0 Å². The van der Waals surface area contributed by atoms with Crippen LogP contribution in [0, 0.1) is 5.41 Å². The predicted molar refractivity (Wildman–Crippen MR) is 52.7 cm³/mol. The second-order valence-corrected chi connectivity index (χ2v) is 3.63. The van der Waals surface area contributed by atoms with Crippen LogP contribution in [0.2, 0.25) is 0 Å². The minimum atomic E-state index is 0.112. The van der Waals surface area contributed by atoms with Crippen molar-refractivity contribution in [2.24, 2.45) is 5.41 Å². The summed E-state index contributed by atoms with van der Waals surface area (Å²) >= 11 is 5.64. The van der Waals surface area contributed by atoms with Gasteiger partial charge in [-0.3, -0.25) is 0 Å². The normalized spacial score (nSPS) is 14.0.